The van der Waals surface area contributed by atoms with Crippen molar-refractivity contribution < 1.29 is 5.11 Å². The van der Waals surface area contributed by atoms with Crippen molar-refractivity contribution in [3.63, 3.8) is 0 Å². The van der Waals surface area contributed by atoms with E-state index in [2.05, 4.69) is 15.3 Å². The minimum absolute atomic E-state index is 0.126. The van der Waals surface area contributed by atoms with Crippen LogP contribution < -0.4 is 5.32 Å². The molecule has 0 aromatic carbocycles. The SMILES string of the molecule is Cc1cc(NCC(C)(C)CO)ncn1. The number of nitrogens with zero attached hydrogens (tertiary/aromatic N) is 2. The van der Waals surface area contributed by atoms with E-state index < -0.39 is 0 Å². The molecule has 0 aliphatic heterocycles. The van der Waals surface area contributed by atoms with Crippen LogP contribution >= 0.6 is 0 Å². The molecule has 1 aromatic heterocycles. The zero-order valence-electron chi connectivity index (χ0n) is 8.91. The minimum atomic E-state index is -0.126. The topological polar surface area (TPSA) is 58.0 Å². The van der Waals surface area contributed by atoms with E-state index in [0.29, 0.717) is 6.54 Å². The van der Waals surface area contributed by atoms with Crippen molar-refractivity contribution in [2.45, 2.75) is 20.8 Å². The second-order valence-corrected chi connectivity index (χ2v) is 4.22. The third kappa shape index (κ3) is 3.30. The molecule has 1 aromatic rings. The highest BCUT2D eigenvalue weighted by Crippen LogP contribution is 2.14. The summed E-state index contributed by atoms with van der Waals surface area (Å²) in [7, 11) is 0. The zero-order chi connectivity index (χ0) is 10.6. The molecule has 0 saturated carbocycles. The number of nitrogens with one attached hydrogen (secondary N) is 1. The molecular formula is C10H17N3O. The van der Waals surface area contributed by atoms with Gasteiger partial charge >= 0.3 is 0 Å². The molecule has 0 bridgehead atoms. The third-order valence-corrected chi connectivity index (χ3v) is 1.98. The van der Waals surface area contributed by atoms with Crippen LogP contribution in [-0.4, -0.2) is 28.2 Å². The molecule has 0 spiro atoms. The molecule has 0 aliphatic rings. The van der Waals surface area contributed by atoms with Crippen molar-refractivity contribution in [2.75, 3.05) is 18.5 Å². The standard InChI is InChI=1S/C10H17N3O/c1-8-4-9(13-7-12-8)11-5-10(2,3)6-14/h4,7,14H,5-6H2,1-3H3,(H,11,12,13). The highest BCUT2D eigenvalue weighted by atomic mass is 16.3. The van der Waals surface area contributed by atoms with Gasteiger partial charge in [0, 0.05) is 30.3 Å². The van der Waals surface area contributed by atoms with Gasteiger partial charge in [-0.05, 0) is 6.92 Å². The summed E-state index contributed by atoms with van der Waals surface area (Å²) in [6, 6.07) is 1.88. The molecule has 2 N–H and O–H groups in total. The van der Waals surface area contributed by atoms with Gasteiger partial charge in [0.05, 0.1) is 0 Å². The molecular weight excluding hydrogens is 178 g/mol. The Bertz CT molecular complexity index is 299. The second-order valence-electron chi connectivity index (χ2n) is 4.22. The monoisotopic (exact) mass is 195 g/mol. The second kappa shape index (κ2) is 4.37. The van der Waals surface area contributed by atoms with E-state index >= 15 is 0 Å². The van der Waals surface area contributed by atoms with Crippen molar-refractivity contribution in [1.29, 1.82) is 0 Å². The molecule has 0 fully saturated rings. The molecule has 78 valence electrons. The van der Waals surface area contributed by atoms with E-state index in [9.17, 15) is 0 Å². The van der Waals surface area contributed by atoms with Gasteiger partial charge in [-0.1, -0.05) is 13.8 Å². The molecule has 4 nitrogen and oxygen atoms in total. The van der Waals surface area contributed by atoms with E-state index in [1.54, 1.807) is 0 Å². The van der Waals surface area contributed by atoms with E-state index in [1.807, 2.05) is 26.8 Å². The van der Waals surface area contributed by atoms with Crippen LogP contribution in [0.15, 0.2) is 12.4 Å². The van der Waals surface area contributed by atoms with Gasteiger partial charge in [-0.3, -0.25) is 0 Å². The maximum atomic E-state index is 9.05. The molecule has 14 heavy (non-hydrogen) atoms. The van der Waals surface area contributed by atoms with Gasteiger partial charge in [-0.25, -0.2) is 9.97 Å². The molecule has 0 saturated heterocycles. The van der Waals surface area contributed by atoms with Gasteiger partial charge in [-0.15, -0.1) is 0 Å². The smallest absolute Gasteiger partial charge is 0.129 e. The van der Waals surface area contributed by atoms with Crippen LogP contribution in [0.5, 0.6) is 0 Å². The van der Waals surface area contributed by atoms with E-state index in [-0.39, 0.29) is 12.0 Å². The average molecular weight is 195 g/mol. The predicted octanol–water partition coefficient (Wildman–Crippen LogP) is 1.22. The summed E-state index contributed by atoms with van der Waals surface area (Å²) in [5.41, 5.74) is 0.808. The van der Waals surface area contributed by atoms with Crippen molar-refractivity contribution in [3.05, 3.63) is 18.1 Å². The van der Waals surface area contributed by atoms with Gasteiger partial charge < -0.3 is 10.4 Å². The lowest BCUT2D eigenvalue weighted by Crippen LogP contribution is -2.27. The fraction of sp³-hybridized carbons (Fsp3) is 0.600. The summed E-state index contributed by atoms with van der Waals surface area (Å²) in [6.45, 7) is 6.76. The maximum Gasteiger partial charge on any atom is 0.129 e. The van der Waals surface area contributed by atoms with Crippen LogP contribution in [0.25, 0.3) is 0 Å². The molecule has 0 atom stereocenters. The van der Waals surface area contributed by atoms with Crippen LogP contribution in [0.2, 0.25) is 0 Å². The summed E-state index contributed by atoms with van der Waals surface area (Å²) < 4.78 is 0. The zero-order valence-corrected chi connectivity index (χ0v) is 8.91. The number of hydrogen-bond acceptors (Lipinski definition) is 4. The van der Waals surface area contributed by atoms with Gasteiger partial charge in [0.2, 0.25) is 0 Å². The lowest BCUT2D eigenvalue weighted by Gasteiger charge is -2.22. The molecule has 1 rings (SSSR count). The van der Waals surface area contributed by atoms with Crippen LogP contribution in [0.4, 0.5) is 5.82 Å². The van der Waals surface area contributed by atoms with Crippen molar-refractivity contribution >= 4 is 5.82 Å². The van der Waals surface area contributed by atoms with Gasteiger partial charge in [0.1, 0.15) is 12.1 Å². The molecule has 0 radical (unpaired) electrons. The number of rotatable bonds is 4. The maximum absolute atomic E-state index is 9.05. The number of aromatic nitrogens is 2. The first kappa shape index (κ1) is 10.9. The van der Waals surface area contributed by atoms with E-state index in [1.165, 1.54) is 6.33 Å². The number of aliphatic hydroxyl groups excluding tert-OH is 1. The summed E-state index contributed by atoms with van der Waals surface area (Å²) in [5, 5.41) is 12.2. The Morgan fingerprint density at radius 1 is 1.43 bits per heavy atom. The molecule has 0 amide bonds. The Labute approximate surface area is 84.4 Å². The Balaban J connectivity index is 2.54. The van der Waals surface area contributed by atoms with Gasteiger partial charge in [-0.2, -0.15) is 0 Å². The Kier molecular flexibility index (Phi) is 3.41. The quantitative estimate of drug-likeness (QED) is 0.758. The molecule has 4 heteroatoms. The first-order chi connectivity index (χ1) is 6.53. The average Bonchev–Trinajstić information content (AvgIpc) is 2.15. The van der Waals surface area contributed by atoms with Crippen molar-refractivity contribution in [3.8, 4) is 0 Å². The lowest BCUT2D eigenvalue weighted by molar-refractivity contribution is 0.170. The summed E-state index contributed by atoms with van der Waals surface area (Å²) in [4.78, 5) is 8.08. The fourth-order valence-corrected chi connectivity index (χ4v) is 0.937. The summed E-state index contributed by atoms with van der Waals surface area (Å²) in [5.74, 6) is 0.805. The van der Waals surface area contributed by atoms with E-state index in [0.717, 1.165) is 11.5 Å². The first-order valence-electron chi connectivity index (χ1n) is 4.67. The highest BCUT2D eigenvalue weighted by molar-refractivity contribution is 5.34. The third-order valence-electron chi connectivity index (χ3n) is 1.98. The number of aliphatic hydroxyl groups is 1. The van der Waals surface area contributed by atoms with Crippen molar-refractivity contribution in [2.24, 2.45) is 5.41 Å². The summed E-state index contributed by atoms with van der Waals surface area (Å²) >= 11 is 0. The van der Waals surface area contributed by atoms with Crippen LogP contribution in [0, 0.1) is 12.3 Å². The van der Waals surface area contributed by atoms with Gasteiger partial charge in [0.25, 0.3) is 0 Å². The lowest BCUT2D eigenvalue weighted by atomic mass is 9.95. The number of hydrogen-bond donors (Lipinski definition) is 2. The Morgan fingerprint density at radius 3 is 2.71 bits per heavy atom. The van der Waals surface area contributed by atoms with E-state index in [4.69, 9.17) is 5.11 Å². The molecule has 0 aliphatic carbocycles. The number of aryl methyl sites for hydroxylation is 1. The summed E-state index contributed by atoms with van der Waals surface area (Å²) in [6.07, 6.45) is 1.53. The van der Waals surface area contributed by atoms with Crippen LogP contribution in [0.3, 0.4) is 0 Å². The minimum Gasteiger partial charge on any atom is -0.396 e. The van der Waals surface area contributed by atoms with Crippen molar-refractivity contribution in [1.82, 2.24) is 9.97 Å². The Morgan fingerprint density at radius 2 is 2.14 bits per heavy atom. The highest BCUT2D eigenvalue weighted by Gasteiger charge is 2.15. The fourth-order valence-electron chi connectivity index (χ4n) is 0.937. The largest absolute Gasteiger partial charge is 0.396 e. The predicted molar refractivity (Wildman–Crippen MR) is 56.1 cm³/mol. The number of anilines is 1. The normalized spacial score (nSPS) is 11.4. The Hall–Kier alpha value is -1.16. The first-order valence-corrected chi connectivity index (χ1v) is 4.67. The molecule has 1 heterocycles. The molecule has 0 unspecified atom stereocenters. The van der Waals surface area contributed by atoms with Crippen LogP contribution in [-0.2, 0) is 0 Å². The van der Waals surface area contributed by atoms with Crippen LogP contribution in [0.1, 0.15) is 19.5 Å². The van der Waals surface area contributed by atoms with Gasteiger partial charge in [0.15, 0.2) is 0 Å².